The van der Waals surface area contributed by atoms with Crippen molar-refractivity contribution < 1.29 is 23.8 Å². The van der Waals surface area contributed by atoms with Crippen molar-refractivity contribution in [3.8, 4) is 5.75 Å². The van der Waals surface area contributed by atoms with E-state index >= 15 is 0 Å². The quantitative estimate of drug-likeness (QED) is 0.650. The average Bonchev–Trinajstić information content (AvgIpc) is 2.75. The van der Waals surface area contributed by atoms with Crippen molar-refractivity contribution in [3.63, 3.8) is 0 Å². The zero-order valence-electron chi connectivity index (χ0n) is 21.9. The lowest BCUT2D eigenvalue weighted by Crippen LogP contribution is -2.60. The number of amides is 2. The van der Waals surface area contributed by atoms with Gasteiger partial charge in [0.05, 0.1) is 23.9 Å². The van der Waals surface area contributed by atoms with Gasteiger partial charge in [-0.05, 0) is 72.6 Å². The van der Waals surface area contributed by atoms with Gasteiger partial charge in [0.25, 0.3) is 0 Å². The highest BCUT2D eigenvalue weighted by atomic mass is 35.5. The molecule has 2 amide bonds. The molecule has 3 aliphatic heterocycles. The molecule has 1 N–H and O–H groups in total. The standard InChI is InChI=1S/C27H39ClN2O5/c1-15(34-26(3,4)5)23(29-16(2)31)25(32)30-11-10-21-17(14-30)12-20-24(33-21)19-13-18(28)8-9-22(19)35-27(20,6)7/h8-9,13,15,17,20-21,23-24H,10-12,14H2,1-7H3,(H,29,31)/t15-,17+,20-,21-,23+,24+/m1/s1. The van der Waals surface area contributed by atoms with E-state index in [-0.39, 0.29) is 35.9 Å². The van der Waals surface area contributed by atoms with Crippen molar-refractivity contribution >= 4 is 23.4 Å². The second-order valence-electron chi connectivity index (χ2n) is 11.8. The molecule has 1 aromatic carbocycles. The van der Waals surface area contributed by atoms with Crippen LogP contribution in [0.5, 0.6) is 5.75 Å². The van der Waals surface area contributed by atoms with Gasteiger partial charge in [-0.15, -0.1) is 0 Å². The Labute approximate surface area is 213 Å². The molecule has 0 bridgehead atoms. The first kappa shape index (κ1) is 26.2. The van der Waals surface area contributed by atoms with Crippen LogP contribution >= 0.6 is 11.6 Å². The van der Waals surface area contributed by atoms with E-state index in [1.54, 1.807) is 0 Å². The zero-order chi connectivity index (χ0) is 25.7. The van der Waals surface area contributed by atoms with E-state index in [0.717, 1.165) is 24.2 Å². The lowest BCUT2D eigenvalue weighted by atomic mass is 9.70. The lowest BCUT2D eigenvalue weighted by molar-refractivity contribution is -0.190. The first-order valence-corrected chi connectivity index (χ1v) is 13.0. The number of halogens is 1. The maximum Gasteiger partial charge on any atom is 0.247 e. The van der Waals surface area contributed by atoms with Gasteiger partial charge in [-0.1, -0.05) is 11.6 Å². The Morgan fingerprint density at radius 3 is 2.66 bits per heavy atom. The fraction of sp³-hybridized carbons (Fsp3) is 0.704. The summed E-state index contributed by atoms with van der Waals surface area (Å²) in [6.07, 6.45) is 1.16. The van der Waals surface area contributed by atoms with E-state index in [1.165, 1.54) is 6.92 Å². The van der Waals surface area contributed by atoms with Gasteiger partial charge in [-0.25, -0.2) is 0 Å². The molecule has 7 nitrogen and oxygen atoms in total. The summed E-state index contributed by atoms with van der Waals surface area (Å²) in [5, 5.41) is 3.50. The lowest BCUT2D eigenvalue weighted by Gasteiger charge is -2.53. The third kappa shape index (κ3) is 5.62. The SMILES string of the molecule is CC(=O)N[C@H](C(=O)N1CC[C@H]2O[C@H]3c4cc(Cl)ccc4OC(C)(C)[C@@H]3C[C@H]2C1)[C@@H](C)OC(C)(C)C. The van der Waals surface area contributed by atoms with E-state index in [0.29, 0.717) is 18.1 Å². The van der Waals surface area contributed by atoms with E-state index < -0.39 is 23.3 Å². The smallest absolute Gasteiger partial charge is 0.247 e. The third-order valence-corrected chi connectivity index (χ3v) is 7.63. The molecular weight excluding hydrogens is 468 g/mol. The number of carbonyl (C=O) groups is 2. The predicted molar refractivity (Wildman–Crippen MR) is 134 cm³/mol. The van der Waals surface area contributed by atoms with E-state index in [2.05, 4.69) is 19.2 Å². The number of nitrogens with zero attached hydrogens (tertiary/aromatic N) is 1. The molecule has 8 heteroatoms. The molecular formula is C27H39ClN2O5. The highest BCUT2D eigenvalue weighted by molar-refractivity contribution is 6.30. The monoisotopic (exact) mass is 506 g/mol. The van der Waals surface area contributed by atoms with Crippen LogP contribution in [0.2, 0.25) is 5.02 Å². The summed E-state index contributed by atoms with van der Waals surface area (Å²) in [5.41, 5.74) is 0.176. The number of carbonyl (C=O) groups excluding carboxylic acids is 2. The molecule has 0 unspecified atom stereocenters. The first-order valence-electron chi connectivity index (χ1n) is 12.6. The van der Waals surface area contributed by atoms with Crippen molar-refractivity contribution in [3.05, 3.63) is 28.8 Å². The normalized spacial score (nSPS) is 29.1. The molecule has 0 radical (unpaired) electrons. The van der Waals surface area contributed by atoms with Crippen molar-refractivity contribution in [2.45, 2.75) is 96.9 Å². The summed E-state index contributed by atoms with van der Waals surface area (Å²) in [6.45, 7) is 14.5. The number of ether oxygens (including phenoxy) is 3. The summed E-state index contributed by atoms with van der Waals surface area (Å²) in [7, 11) is 0. The Bertz CT molecular complexity index is 975. The van der Waals surface area contributed by atoms with Crippen molar-refractivity contribution in [2.24, 2.45) is 11.8 Å². The van der Waals surface area contributed by atoms with Crippen LogP contribution in [0.15, 0.2) is 18.2 Å². The Hall–Kier alpha value is -1.83. The summed E-state index contributed by atoms with van der Waals surface area (Å²) in [4.78, 5) is 27.4. The van der Waals surface area contributed by atoms with Crippen LogP contribution in [0.4, 0.5) is 0 Å². The van der Waals surface area contributed by atoms with Crippen LogP contribution in [0.1, 0.15) is 73.0 Å². The average molecular weight is 507 g/mol. The fourth-order valence-electron chi connectivity index (χ4n) is 5.90. The molecule has 6 atom stereocenters. The largest absolute Gasteiger partial charge is 0.487 e. The zero-order valence-corrected chi connectivity index (χ0v) is 22.6. The first-order chi connectivity index (χ1) is 16.2. The predicted octanol–water partition coefficient (Wildman–Crippen LogP) is 4.51. The Kier molecular flexibility index (Phi) is 7.17. The molecule has 3 aliphatic rings. The number of piperidine rings is 1. The van der Waals surface area contributed by atoms with Crippen LogP contribution in [-0.4, -0.2) is 59.3 Å². The number of hydrogen-bond acceptors (Lipinski definition) is 5. The molecule has 194 valence electrons. The van der Waals surface area contributed by atoms with Crippen LogP contribution < -0.4 is 10.1 Å². The summed E-state index contributed by atoms with van der Waals surface area (Å²) < 4.78 is 19.1. The van der Waals surface area contributed by atoms with Crippen LogP contribution in [0.25, 0.3) is 0 Å². The maximum absolute atomic E-state index is 13.6. The molecule has 0 spiro atoms. The van der Waals surface area contributed by atoms with Crippen molar-refractivity contribution in [1.82, 2.24) is 10.2 Å². The summed E-state index contributed by atoms with van der Waals surface area (Å²) >= 11 is 6.31. The Balaban J connectivity index is 1.51. The van der Waals surface area contributed by atoms with Gasteiger partial charge in [0.2, 0.25) is 11.8 Å². The molecule has 3 heterocycles. The van der Waals surface area contributed by atoms with Gasteiger partial charge >= 0.3 is 0 Å². The Morgan fingerprint density at radius 2 is 2.00 bits per heavy atom. The number of fused-ring (bicyclic) bond motifs is 4. The molecule has 1 aromatic rings. The molecule has 0 aromatic heterocycles. The number of hydrogen-bond donors (Lipinski definition) is 1. The van der Waals surface area contributed by atoms with Gasteiger partial charge in [0.15, 0.2) is 0 Å². The second-order valence-corrected chi connectivity index (χ2v) is 12.2. The van der Waals surface area contributed by atoms with Gasteiger partial charge in [-0.2, -0.15) is 0 Å². The minimum atomic E-state index is -0.732. The number of benzene rings is 1. The van der Waals surface area contributed by atoms with Gasteiger partial charge in [0, 0.05) is 42.4 Å². The molecule has 2 saturated heterocycles. The van der Waals surface area contributed by atoms with E-state index in [1.807, 2.05) is 50.8 Å². The van der Waals surface area contributed by atoms with Crippen molar-refractivity contribution in [1.29, 1.82) is 0 Å². The minimum Gasteiger partial charge on any atom is -0.487 e. The molecule has 2 fully saturated rings. The summed E-state index contributed by atoms with van der Waals surface area (Å²) in [5.74, 6) is 0.810. The topological polar surface area (TPSA) is 77.1 Å². The number of likely N-dealkylation sites (tertiary alicyclic amines) is 1. The Morgan fingerprint density at radius 1 is 1.29 bits per heavy atom. The fourth-order valence-corrected chi connectivity index (χ4v) is 6.08. The van der Waals surface area contributed by atoms with Crippen LogP contribution in [0.3, 0.4) is 0 Å². The van der Waals surface area contributed by atoms with Crippen LogP contribution in [-0.2, 0) is 19.1 Å². The molecule has 35 heavy (non-hydrogen) atoms. The maximum atomic E-state index is 13.6. The number of rotatable bonds is 4. The van der Waals surface area contributed by atoms with Gasteiger partial charge in [0.1, 0.15) is 17.4 Å². The second kappa shape index (κ2) is 9.56. The van der Waals surface area contributed by atoms with E-state index in [4.69, 9.17) is 25.8 Å². The highest BCUT2D eigenvalue weighted by Gasteiger charge is 2.52. The number of nitrogens with one attached hydrogen (secondary N) is 1. The molecule has 0 aliphatic carbocycles. The van der Waals surface area contributed by atoms with Gasteiger partial charge in [-0.3, -0.25) is 9.59 Å². The minimum absolute atomic E-state index is 0.0588. The van der Waals surface area contributed by atoms with Gasteiger partial charge < -0.3 is 24.4 Å². The van der Waals surface area contributed by atoms with E-state index in [9.17, 15) is 9.59 Å². The summed E-state index contributed by atoms with van der Waals surface area (Å²) in [6, 6.07) is 5.00. The van der Waals surface area contributed by atoms with Crippen LogP contribution in [0, 0.1) is 11.8 Å². The molecule has 0 saturated carbocycles. The third-order valence-electron chi connectivity index (χ3n) is 7.40. The molecule has 4 rings (SSSR count). The highest BCUT2D eigenvalue weighted by Crippen LogP contribution is 2.53. The van der Waals surface area contributed by atoms with Crippen molar-refractivity contribution in [2.75, 3.05) is 13.1 Å².